The van der Waals surface area contributed by atoms with E-state index in [9.17, 15) is 19.6 Å². The summed E-state index contributed by atoms with van der Waals surface area (Å²) in [6, 6.07) is 24.8. The van der Waals surface area contributed by atoms with Gasteiger partial charge < -0.3 is 24.7 Å². The van der Waals surface area contributed by atoms with Gasteiger partial charge in [-0.3, -0.25) is 9.77 Å². The highest BCUT2D eigenvalue weighted by molar-refractivity contribution is 5.91. The molecule has 6 rings (SSSR count). The molecule has 0 aliphatic carbocycles. The highest BCUT2D eigenvalue weighted by Gasteiger charge is 2.60. The van der Waals surface area contributed by atoms with Gasteiger partial charge >= 0.3 is 17.9 Å². The Kier molecular flexibility index (Phi) is 8.29. The molecule has 1 fully saturated rings. The molecule has 4 atom stereocenters. The lowest BCUT2D eigenvalue weighted by molar-refractivity contribution is -0.108. The van der Waals surface area contributed by atoms with Gasteiger partial charge in [0.2, 0.25) is 0 Å². The number of carbonyl (C=O) groups excluding carboxylic acids is 3. The molecular weight excluding hydrogens is 596 g/mol. The van der Waals surface area contributed by atoms with Crippen molar-refractivity contribution in [3.8, 4) is 0 Å². The van der Waals surface area contributed by atoms with Crippen molar-refractivity contribution in [3.63, 3.8) is 0 Å². The number of nitrogens with one attached hydrogen (secondary N) is 1. The first-order chi connectivity index (χ1) is 22.3. The van der Waals surface area contributed by atoms with Crippen molar-refractivity contribution in [2.24, 2.45) is 0 Å². The average molecular weight is 625 g/mol. The molecule has 2 aromatic heterocycles. The molecule has 1 aliphatic heterocycles. The minimum absolute atomic E-state index is 0.0540. The Morgan fingerprint density at radius 1 is 0.891 bits per heavy atom. The van der Waals surface area contributed by atoms with E-state index in [1.165, 1.54) is 17.8 Å². The number of esters is 3. The Morgan fingerprint density at radius 3 is 2.04 bits per heavy atom. The van der Waals surface area contributed by atoms with E-state index >= 15 is 0 Å². The summed E-state index contributed by atoms with van der Waals surface area (Å²) in [6.45, 7) is 1.14. The number of imidazole rings is 1. The highest BCUT2D eigenvalue weighted by atomic mass is 16.7. The maximum Gasteiger partial charge on any atom is 0.338 e. The monoisotopic (exact) mass is 624 g/mol. The zero-order valence-electron chi connectivity index (χ0n) is 24.3. The lowest BCUT2D eigenvalue weighted by Crippen LogP contribution is -2.50. The molecule has 0 radical (unpaired) electrons. The molecule has 3 heterocycles. The lowest BCUT2D eigenvalue weighted by Gasteiger charge is -2.34. The normalized spacial score (nSPS) is 20.6. The van der Waals surface area contributed by atoms with E-state index in [2.05, 4.69) is 15.0 Å². The number of hydrogen-bond donors (Lipinski definition) is 3. The van der Waals surface area contributed by atoms with Crippen LogP contribution in [0.3, 0.4) is 0 Å². The summed E-state index contributed by atoms with van der Waals surface area (Å²) >= 11 is 0. The van der Waals surface area contributed by atoms with Crippen LogP contribution in [0.2, 0.25) is 0 Å². The van der Waals surface area contributed by atoms with Crippen LogP contribution in [0.15, 0.2) is 97.3 Å². The Bertz CT molecular complexity index is 1870. The van der Waals surface area contributed by atoms with Crippen molar-refractivity contribution < 1.29 is 38.5 Å². The second-order valence-corrected chi connectivity index (χ2v) is 10.5. The Hall–Kier alpha value is -5.86. The number of carbonyl (C=O) groups is 3. The number of rotatable bonds is 9. The number of anilines is 2. The Labute approximate surface area is 261 Å². The van der Waals surface area contributed by atoms with E-state index in [1.807, 2.05) is 5.48 Å². The summed E-state index contributed by atoms with van der Waals surface area (Å²) in [5.41, 5.74) is 7.16. The summed E-state index contributed by atoms with van der Waals surface area (Å²) < 4.78 is 25.6. The standard InChI is InChI=1S/C32H28N6O8/c1-32(46-29(41)21-15-9-4-10-16-21)24(45-28(40)20-13-7-3-8-14-20)22(17-43-27(39)19-11-5-2-6-12-19)44-30(32)38-18-34-23-25(33)35-31(37-42)36-26(23)38/h2-16,18,22,24,30,42H,17H2,1H3,(H3,33,35,36,37)/t22-,24-,30-,32-/m1/s1. The first-order valence-corrected chi connectivity index (χ1v) is 14.1. The largest absolute Gasteiger partial charge is 0.459 e. The van der Waals surface area contributed by atoms with Crippen molar-refractivity contribution in [1.82, 2.24) is 19.5 Å². The van der Waals surface area contributed by atoms with Crippen LogP contribution in [-0.2, 0) is 18.9 Å². The van der Waals surface area contributed by atoms with E-state index in [4.69, 9.17) is 24.7 Å². The van der Waals surface area contributed by atoms with E-state index < -0.39 is 41.9 Å². The molecule has 0 saturated carbocycles. The summed E-state index contributed by atoms with van der Waals surface area (Å²) in [5.74, 6) is -2.40. The van der Waals surface area contributed by atoms with E-state index in [1.54, 1.807) is 91.0 Å². The van der Waals surface area contributed by atoms with Crippen molar-refractivity contribution in [1.29, 1.82) is 0 Å². The fourth-order valence-electron chi connectivity index (χ4n) is 5.22. The summed E-state index contributed by atoms with van der Waals surface area (Å²) in [6.07, 6.45) is -2.40. The number of nitrogen functional groups attached to an aromatic ring is 1. The first-order valence-electron chi connectivity index (χ1n) is 14.1. The van der Waals surface area contributed by atoms with Crippen molar-refractivity contribution in [3.05, 3.63) is 114 Å². The van der Waals surface area contributed by atoms with Gasteiger partial charge in [-0.1, -0.05) is 54.6 Å². The molecule has 0 bridgehead atoms. The second-order valence-electron chi connectivity index (χ2n) is 10.5. The smallest absolute Gasteiger partial charge is 0.338 e. The van der Waals surface area contributed by atoms with Crippen LogP contribution < -0.4 is 11.2 Å². The van der Waals surface area contributed by atoms with Gasteiger partial charge in [-0.2, -0.15) is 9.97 Å². The minimum Gasteiger partial charge on any atom is -0.459 e. The molecule has 0 unspecified atom stereocenters. The van der Waals surface area contributed by atoms with Crippen LogP contribution in [-0.4, -0.2) is 67.1 Å². The van der Waals surface area contributed by atoms with Gasteiger partial charge in [0.25, 0.3) is 5.95 Å². The number of hydrogen-bond acceptors (Lipinski definition) is 13. The third-order valence-corrected chi connectivity index (χ3v) is 7.45. The second kappa shape index (κ2) is 12.6. The number of nitrogens with two attached hydrogens (primary N) is 1. The van der Waals surface area contributed by atoms with Gasteiger partial charge in [0, 0.05) is 0 Å². The van der Waals surface area contributed by atoms with Crippen LogP contribution in [0, 0.1) is 0 Å². The van der Waals surface area contributed by atoms with E-state index in [-0.39, 0.29) is 40.7 Å². The molecule has 0 amide bonds. The van der Waals surface area contributed by atoms with E-state index in [0.29, 0.717) is 5.56 Å². The molecule has 4 N–H and O–H groups in total. The molecule has 14 heteroatoms. The third kappa shape index (κ3) is 5.81. The molecule has 14 nitrogen and oxygen atoms in total. The fourth-order valence-corrected chi connectivity index (χ4v) is 5.22. The summed E-state index contributed by atoms with van der Waals surface area (Å²) in [5, 5.41) is 9.50. The van der Waals surface area contributed by atoms with Gasteiger partial charge in [-0.25, -0.2) is 24.8 Å². The van der Waals surface area contributed by atoms with Gasteiger partial charge in [0.15, 0.2) is 29.4 Å². The van der Waals surface area contributed by atoms with Gasteiger partial charge in [-0.05, 0) is 43.3 Å². The maximum absolute atomic E-state index is 13.6. The zero-order valence-corrected chi connectivity index (χ0v) is 24.3. The first kappa shape index (κ1) is 30.2. The topological polar surface area (TPSA) is 190 Å². The van der Waals surface area contributed by atoms with Crippen LogP contribution in [0.5, 0.6) is 0 Å². The van der Waals surface area contributed by atoms with E-state index in [0.717, 1.165) is 0 Å². The van der Waals surface area contributed by atoms with Gasteiger partial charge in [0.1, 0.15) is 18.2 Å². The van der Waals surface area contributed by atoms with Crippen LogP contribution in [0.25, 0.3) is 11.2 Å². The summed E-state index contributed by atoms with van der Waals surface area (Å²) in [4.78, 5) is 52.5. The van der Waals surface area contributed by atoms with Crippen LogP contribution >= 0.6 is 0 Å². The molecule has 1 saturated heterocycles. The molecule has 1 aliphatic rings. The molecule has 0 spiro atoms. The Balaban J connectivity index is 1.43. The summed E-state index contributed by atoms with van der Waals surface area (Å²) in [7, 11) is 0. The SMILES string of the molecule is C[C@@]1(OC(=O)c2ccccc2)[C@H](OC(=O)c2ccccc2)[C@@H](COC(=O)c2ccccc2)O[C@H]1n1cnc2c(N)nc(NO)nc21. The molecule has 46 heavy (non-hydrogen) atoms. The number of aromatic nitrogens is 4. The quantitative estimate of drug-likeness (QED) is 0.122. The van der Waals surface area contributed by atoms with Crippen LogP contribution in [0.1, 0.15) is 44.2 Å². The lowest BCUT2D eigenvalue weighted by atomic mass is 9.95. The predicted molar refractivity (Wildman–Crippen MR) is 162 cm³/mol. The number of fused-ring (bicyclic) bond motifs is 1. The van der Waals surface area contributed by atoms with Gasteiger partial charge in [0.05, 0.1) is 23.0 Å². The van der Waals surface area contributed by atoms with Crippen molar-refractivity contribution >= 4 is 40.8 Å². The van der Waals surface area contributed by atoms with Crippen molar-refractivity contribution in [2.45, 2.75) is 31.0 Å². The van der Waals surface area contributed by atoms with Crippen molar-refractivity contribution in [2.75, 3.05) is 17.8 Å². The molecular formula is C32H28N6O8. The average Bonchev–Trinajstić information content (AvgIpc) is 3.63. The number of nitrogens with zero attached hydrogens (tertiary/aromatic N) is 4. The maximum atomic E-state index is 13.6. The number of ether oxygens (including phenoxy) is 4. The minimum atomic E-state index is -1.78. The highest BCUT2D eigenvalue weighted by Crippen LogP contribution is 2.45. The Morgan fingerprint density at radius 2 is 1.46 bits per heavy atom. The zero-order chi connectivity index (χ0) is 32.3. The van der Waals surface area contributed by atoms with Gasteiger partial charge in [-0.15, -0.1) is 0 Å². The predicted octanol–water partition coefficient (Wildman–Crippen LogP) is 3.81. The fraction of sp³-hybridized carbons (Fsp3) is 0.188. The number of benzene rings is 3. The van der Waals surface area contributed by atoms with Crippen LogP contribution in [0.4, 0.5) is 11.8 Å². The molecule has 3 aromatic carbocycles. The third-order valence-electron chi connectivity index (χ3n) is 7.45. The molecule has 234 valence electrons. The molecule has 5 aromatic rings.